The first-order chi connectivity index (χ1) is 8.65. The fraction of sp³-hybridized carbons (Fsp3) is 0.429. The molecular formula is C14H18N4. The van der Waals surface area contributed by atoms with Crippen molar-refractivity contribution < 1.29 is 0 Å². The van der Waals surface area contributed by atoms with E-state index in [0.29, 0.717) is 5.96 Å². The van der Waals surface area contributed by atoms with Crippen LogP contribution in [0.4, 0.5) is 0 Å². The van der Waals surface area contributed by atoms with E-state index in [0.717, 1.165) is 25.9 Å². The van der Waals surface area contributed by atoms with Crippen molar-refractivity contribution in [2.24, 2.45) is 10.7 Å². The lowest BCUT2D eigenvalue weighted by Gasteiger charge is -2.41. The fourth-order valence-electron chi connectivity index (χ4n) is 2.63. The second kappa shape index (κ2) is 5.09. The molecule has 1 heterocycles. The first kappa shape index (κ1) is 12.4. The molecule has 2 rings (SSSR count). The second-order valence-electron chi connectivity index (χ2n) is 5.02. The van der Waals surface area contributed by atoms with Gasteiger partial charge in [0.2, 0.25) is 12.2 Å². The Kier molecular flexibility index (Phi) is 3.52. The van der Waals surface area contributed by atoms with Gasteiger partial charge in [0.15, 0.2) is 0 Å². The molecule has 1 fully saturated rings. The smallest absolute Gasteiger partial charge is 0.209 e. The van der Waals surface area contributed by atoms with Gasteiger partial charge in [-0.15, -0.1) is 4.99 Å². The molecule has 4 nitrogen and oxygen atoms in total. The van der Waals surface area contributed by atoms with Crippen LogP contribution in [-0.4, -0.2) is 23.9 Å². The number of hydrogen-bond donors (Lipinski definition) is 1. The highest BCUT2D eigenvalue weighted by atomic mass is 15.3. The number of nitriles is 1. The molecule has 94 valence electrons. The van der Waals surface area contributed by atoms with Crippen molar-refractivity contribution in [2.75, 3.05) is 13.1 Å². The molecule has 4 heteroatoms. The van der Waals surface area contributed by atoms with Crippen LogP contribution in [0.1, 0.15) is 25.3 Å². The number of guanidine groups is 1. The summed E-state index contributed by atoms with van der Waals surface area (Å²) in [6.45, 7) is 3.93. The van der Waals surface area contributed by atoms with Crippen LogP contribution < -0.4 is 5.73 Å². The summed E-state index contributed by atoms with van der Waals surface area (Å²) in [5.41, 5.74) is 7.21. The molecule has 1 aliphatic heterocycles. The first-order valence-corrected chi connectivity index (χ1v) is 6.18. The summed E-state index contributed by atoms with van der Waals surface area (Å²) in [6.07, 6.45) is 3.95. The zero-order valence-corrected chi connectivity index (χ0v) is 10.6. The third-order valence-corrected chi connectivity index (χ3v) is 3.66. The highest BCUT2D eigenvalue weighted by Crippen LogP contribution is 2.33. The van der Waals surface area contributed by atoms with Crippen molar-refractivity contribution in [2.45, 2.75) is 25.2 Å². The second-order valence-corrected chi connectivity index (χ2v) is 5.02. The van der Waals surface area contributed by atoms with Crippen LogP contribution in [0, 0.1) is 11.5 Å². The molecule has 0 amide bonds. The number of likely N-dealkylation sites (tertiary alicyclic amines) is 1. The number of rotatable bonds is 1. The molecule has 1 aromatic rings. The van der Waals surface area contributed by atoms with Gasteiger partial charge in [0.05, 0.1) is 0 Å². The molecule has 1 atom stereocenters. The van der Waals surface area contributed by atoms with Gasteiger partial charge in [0.1, 0.15) is 0 Å². The SMILES string of the molecule is CC1(c2ccccc2)CCCN(C(N)=NC#N)C1. The number of nitrogens with two attached hydrogens (primary N) is 1. The first-order valence-electron chi connectivity index (χ1n) is 6.18. The molecule has 1 aliphatic rings. The van der Waals surface area contributed by atoms with Crippen molar-refractivity contribution in [3.05, 3.63) is 35.9 Å². The minimum atomic E-state index is 0.0785. The summed E-state index contributed by atoms with van der Waals surface area (Å²) in [6, 6.07) is 10.5. The lowest BCUT2D eigenvalue weighted by Crippen LogP contribution is -2.49. The van der Waals surface area contributed by atoms with Gasteiger partial charge < -0.3 is 10.6 Å². The van der Waals surface area contributed by atoms with Crippen molar-refractivity contribution in [3.63, 3.8) is 0 Å². The van der Waals surface area contributed by atoms with E-state index < -0.39 is 0 Å². The molecule has 1 unspecified atom stereocenters. The molecule has 1 aromatic carbocycles. The molecule has 0 aromatic heterocycles. The summed E-state index contributed by atoms with van der Waals surface area (Å²) in [7, 11) is 0. The number of benzene rings is 1. The standard InChI is InChI=1S/C14H18N4/c1-14(12-6-3-2-4-7-12)8-5-9-18(10-14)13(16)17-11-15/h2-4,6-7H,5,8-10H2,1H3,(H2,16,17). The largest absolute Gasteiger partial charge is 0.369 e. The Hall–Kier alpha value is -2.02. The molecular weight excluding hydrogens is 224 g/mol. The van der Waals surface area contributed by atoms with Gasteiger partial charge in [-0.05, 0) is 18.4 Å². The van der Waals surface area contributed by atoms with E-state index in [1.165, 1.54) is 5.56 Å². The van der Waals surface area contributed by atoms with Crippen molar-refractivity contribution in [3.8, 4) is 6.19 Å². The topological polar surface area (TPSA) is 65.4 Å². The van der Waals surface area contributed by atoms with Gasteiger partial charge in [0.25, 0.3) is 0 Å². The number of aliphatic imine (C=N–C) groups is 1. The summed E-state index contributed by atoms with van der Waals surface area (Å²) < 4.78 is 0. The zero-order valence-electron chi connectivity index (χ0n) is 10.6. The zero-order chi connectivity index (χ0) is 13.0. The maximum absolute atomic E-state index is 8.57. The minimum absolute atomic E-state index is 0.0785. The van der Waals surface area contributed by atoms with Gasteiger partial charge >= 0.3 is 0 Å². The average Bonchev–Trinajstić information content (AvgIpc) is 2.40. The average molecular weight is 242 g/mol. The molecule has 0 radical (unpaired) electrons. The van der Waals surface area contributed by atoms with E-state index in [-0.39, 0.29) is 5.41 Å². The van der Waals surface area contributed by atoms with E-state index in [1.807, 2.05) is 11.0 Å². The predicted molar refractivity (Wildman–Crippen MR) is 71.8 cm³/mol. The molecule has 0 spiro atoms. The number of nitrogens with zero attached hydrogens (tertiary/aromatic N) is 3. The Morgan fingerprint density at radius 1 is 1.44 bits per heavy atom. The molecule has 0 bridgehead atoms. The third-order valence-electron chi connectivity index (χ3n) is 3.66. The van der Waals surface area contributed by atoms with Gasteiger partial charge in [0, 0.05) is 18.5 Å². The normalized spacial score (nSPS) is 24.7. The lowest BCUT2D eigenvalue weighted by atomic mass is 9.76. The third kappa shape index (κ3) is 2.45. The van der Waals surface area contributed by atoms with Crippen LogP contribution >= 0.6 is 0 Å². The number of piperidine rings is 1. The fourth-order valence-corrected chi connectivity index (χ4v) is 2.63. The molecule has 18 heavy (non-hydrogen) atoms. The van der Waals surface area contributed by atoms with Crippen LogP contribution in [0.5, 0.6) is 0 Å². The van der Waals surface area contributed by atoms with E-state index in [2.05, 4.69) is 36.2 Å². The summed E-state index contributed by atoms with van der Waals surface area (Å²) in [5, 5.41) is 8.57. The predicted octanol–water partition coefficient (Wildman–Crippen LogP) is 1.84. The quantitative estimate of drug-likeness (QED) is 0.464. The Labute approximate surface area is 108 Å². The highest BCUT2D eigenvalue weighted by molar-refractivity contribution is 5.79. The lowest BCUT2D eigenvalue weighted by molar-refractivity contribution is 0.230. The maximum Gasteiger partial charge on any atom is 0.209 e. The van der Waals surface area contributed by atoms with E-state index in [1.54, 1.807) is 6.19 Å². The Morgan fingerprint density at radius 2 is 2.17 bits per heavy atom. The molecule has 1 saturated heterocycles. The van der Waals surface area contributed by atoms with Crippen LogP contribution in [0.15, 0.2) is 35.3 Å². The van der Waals surface area contributed by atoms with Crippen LogP contribution in [0.2, 0.25) is 0 Å². The minimum Gasteiger partial charge on any atom is -0.369 e. The number of hydrogen-bond acceptors (Lipinski definition) is 2. The Balaban J connectivity index is 2.21. The Bertz CT molecular complexity index is 474. The summed E-state index contributed by atoms with van der Waals surface area (Å²) >= 11 is 0. The summed E-state index contributed by atoms with van der Waals surface area (Å²) in [4.78, 5) is 5.63. The van der Waals surface area contributed by atoms with Crippen molar-refractivity contribution in [1.82, 2.24) is 4.90 Å². The van der Waals surface area contributed by atoms with Gasteiger partial charge in [-0.1, -0.05) is 37.3 Å². The van der Waals surface area contributed by atoms with Crippen molar-refractivity contribution in [1.29, 1.82) is 5.26 Å². The van der Waals surface area contributed by atoms with Crippen LogP contribution in [0.3, 0.4) is 0 Å². The van der Waals surface area contributed by atoms with E-state index in [4.69, 9.17) is 11.0 Å². The maximum atomic E-state index is 8.57. The van der Waals surface area contributed by atoms with E-state index in [9.17, 15) is 0 Å². The van der Waals surface area contributed by atoms with Crippen molar-refractivity contribution >= 4 is 5.96 Å². The van der Waals surface area contributed by atoms with Crippen LogP contribution in [0.25, 0.3) is 0 Å². The van der Waals surface area contributed by atoms with Gasteiger partial charge in [-0.3, -0.25) is 0 Å². The van der Waals surface area contributed by atoms with Crippen LogP contribution in [-0.2, 0) is 5.41 Å². The Morgan fingerprint density at radius 3 is 2.83 bits per heavy atom. The molecule has 0 saturated carbocycles. The van der Waals surface area contributed by atoms with Gasteiger partial charge in [-0.2, -0.15) is 5.26 Å². The van der Waals surface area contributed by atoms with E-state index >= 15 is 0 Å². The summed E-state index contributed by atoms with van der Waals surface area (Å²) in [5.74, 6) is 0.333. The van der Waals surface area contributed by atoms with Gasteiger partial charge in [-0.25, -0.2) is 0 Å². The molecule has 2 N–H and O–H groups in total. The molecule has 0 aliphatic carbocycles. The highest BCUT2D eigenvalue weighted by Gasteiger charge is 2.33. The monoisotopic (exact) mass is 242 g/mol.